The summed E-state index contributed by atoms with van der Waals surface area (Å²) in [4.78, 5) is 16.4. The van der Waals surface area contributed by atoms with Gasteiger partial charge in [0.1, 0.15) is 0 Å². The topological polar surface area (TPSA) is 64.3 Å². The molecule has 0 unspecified atom stereocenters. The number of amides is 1. The normalized spacial score (nSPS) is 19.7. The molecule has 76 valence electrons. The Morgan fingerprint density at radius 3 is 2.62 bits per heavy atom. The quantitative estimate of drug-likeness (QED) is 0.631. The lowest BCUT2D eigenvalue weighted by atomic mass is 9.77. The molecule has 1 saturated carbocycles. The Balaban J connectivity index is 2.18. The molecule has 0 bridgehead atoms. The Morgan fingerprint density at radius 2 is 2.23 bits per heavy atom. The summed E-state index contributed by atoms with van der Waals surface area (Å²) in [5, 5.41) is 0. The lowest BCUT2D eigenvalue weighted by molar-refractivity contribution is -0.143. The molecular weight excluding hydrogens is 168 g/mol. The lowest BCUT2D eigenvalue weighted by Crippen LogP contribution is -2.58. The zero-order chi connectivity index (χ0) is 9.90. The van der Waals surface area contributed by atoms with Crippen LogP contribution in [0.5, 0.6) is 0 Å². The van der Waals surface area contributed by atoms with Gasteiger partial charge in [-0.2, -0.15) is 0 Å². The van der Waals surface area contributed by atoms with Gasteiger partial charge in [0.25, 0.3) is 5.91 Å². The molecule has 0 heterocycles. The lowest BCUT2D eigenvalue weighted by Gasteiger charge is -2.35. The maximum atomic E-state index is 11.4. The van der Waals surface area contributed by atoms with Gasteiger partial charge < -0.3 is 5.73 Å². The van der Waals surface area contributed by atoms with Gasteiger partial charge in [0, 0.05) is 0 Å². The van der Waals surface area contributed by atoms with Crippen molar-refractivity contribution < 1.29 is 9.63 Å². The van der Waals surface area contributed by atoms with Crippen LogP contribution < -0.4 is 11.2 Å². The van der Waals surface area contributed by atoms with Crippen molar-refractivity contribution in [2.75, 3.05) is 6.61 Å². The predicted octanol–water partition coefficient (Wildman–Crippen LogP) is 0.572. The molecule has 1 amide bonds. The van der Waals surface area contributed by atoms with Crippen molar-refractivity contribution in [2.45, 2.75) is 38.6 Å². The van der Waals surface area contributed by atoms with Crippen LogP contribution in [-0.4, -0.2) is 18.1 Å². The minimum atomic E-state index is -0.656. The second-order valence-corrected chi connectivity index (χ2v) is 4.15. The third kappa shape index (κ3) is 2.67. The average Bonchev–Trinajstić information content (AvgIpc) is 1.99. The second kappa shape index (κ2) is 4.07. The number of nitrogens with one attached hydrogen (secondary N) is 1. The summed E-state index contributed by atoms with van der Waals surface area (Å²) in [5.74, 6) is 0.231. The first-order valence-corrected chi connectivity index (χ1v) is 4.76. The van der Waals surface area contributed by atoms with E-state index in [1.54, 1.807) is 0 Å². The smallest absolute Gasteiger partial charge is 0.263 e. The highest BCUT2D eigenvalue weighted by Gasteiger charge is 2.40. The van der Waals surface area contributed by atoms with Crippen molar-refractivity contribution >= 4 is 5.91 Å². The van der Waals surface area contributed by atoms with Gasteiger partial charge in [-0.05, 0) is 25.2 Å². The van der Waals surface area contributed by atoms with Crippen LogP contribution >= 0.6 is 0 Å². The summed E-state index contributed by atoms with van der Waals surface area (Å²) in [5.41, 5.74) is 7.51. The standard InChI is InChI=1S/C9H18N2O2/c1-7(2)6-13-11-8(12)9(10)4-3-5-9/h7H,3-6,10H2,1-2H3,(H,11,12). The first-order chi connectivity index (χ1) is 6.04. The van der Waals surface area contributed by atoms with E-state index in [4.69, 9.17) is 10.6 Å². The predicted molar refractivity (Wildman–Crippen MR) is 49.7 cm³/mol. The Morgan fingerprint density at radius 1 is 1.62 bits per heavy atom. The van der Waals surface area contributed by atoms with Crippen molar-refractivity contribution in [1.82, 2.24) is 5.48 Å². The van der Waals surface area contributed by atoms with Gasteiger partial charge in [-0.1, -0.05) is 13.8 Å². The third-order valence-electron chi connectivity index (χ3n) is 2.28. The molecule has 0 radical (unpaired) electrons. The van der Waals surface area contributed by atoms with Crippen LogP contribution in [0.4, 0.5) is 0 Å². The molecule has 3 N–H and O–H groups in total. The largest absolute Gasteiger partial charge is 0.317 e. The second-order valence-electron chi connectivity index (χ2n) is 4.15. The third-order valence-corrected chi connectivity index (χ3v) is 2.28. The number of rotatable bonds is 4. The number of carbonyl (C=O) groups excluding carboxylic acids is 1. The summed E-state index contributed by atoms with van der Waals surface area (Å²) >= 11 is 0. The zero-order valence-electron chi connectivity index (χ0n) is 8.30. The van der Waals surface area contributed by atoms with Crippen LogP contribution in [0.3, 0.4) is 0 Å². The highest BCUT2D eigenvalue weighted by atomic mass is 16.7. The van der Waals surface area contributed by atoms with E-state index >= 15 is 0 Å². The van der Waals surface area contributed by atoms with Gasteiger partial charge in [-0.15, -0.1) is 0 Å². The van der Waals surface area contributed by atoms with E-state index in [0.717, 1.165) is 19.3 Å². The van der Waals surface area contributed by atoms with E-state index in [0.29, 0.717) is 12.5 Å². The molecule has 0 aromatic carbocycles. The minimum absolute atomic E-state index is 0.181. The number of nitrogens with two attached hydrogens (primary N) is 1. The van der Waals surface area contributed by atoms with E-state index in [9.17, 15) is 4.79 Å². The van der Waals surface area contributed by atoms with Crippen molar-refractivity contribution in [3.63, 3.8) is 0 Å². The molecule has 0 saturated heterocycles. The molecule has 1 rings (SSSR count). The molecule has 0 aromatic heterocycles. The zero-order valence-corrected chi connectivity index (χ0v) is 8.30. The van der Waals surface area contributed by atoms with E-state index in [1.807, 2.05) is 13.8 Å². The molecule has 4 heteroatoms. The SMILES string of the molecule is CC(C)CONC(=O)C1(N)CCC1. The van der Waals surface area contributed by atoms with Crippen LogP contribution in [0.15, 0.2) is 0 Å². The Kier molecular flexibility index (Phi) is 3.27. The molecule has 0 aliphatic heterocycles. The van der Waals surface area contributed by atoms with Gasteiger partial charge in [-0.3, -0.25) is 9.63 Å². The molecule has 0 aromatic rings. The maximum absolute atomic E-state index is 11.4. The maximum Gasteiger partial charge on any atom is 0.263 e. The first kappa shape index (κ1) is 10.5. The van der Waals surface area contributed by atoms with Crippen molar-refractivity contribution in [3.05, 3.63) is 0 Å². The average molecular weight is 186 g/mol. The molecule has 0 atom stereocenters. The van der Waals surface area contributed by atoms with Crippen LogP contribution in [0.1, 0.15) is 33.1 Å². The summed E-state index contributed by atoms with van der Waals surface area (Å²) in [6.07, 6.45) is 2.57. The fourth-order valence-corrected chi connectivity index (χ4v) is 1.16. The summed E-state index contributed by atoms with van der Waals surface area (Å²) < 4.78 is 0. The fraction of sp³-hybridized carbons (Fsp3) is 0.889. The molecule has 1 aliphatic carbocycles. The highest BCUT2D eigenvalue weighted by molar-refractivity contribution is 5.86. The number of hydrogen-bond donors (Lipinski definition) is 2. The Labute approximate surface area is 78.8 Å². The Bertz CT molecular complexity index is 188. The summed E-state index contributed by atoms with van der Waals surface area (Å²) in [6, 6.07) is 0. The number of hydrogen-bond acceptors (Lipinski definition) is 3. The van der Waals surface area contributed by atoms with Crippen molar-refractivity contribution in [2.24, 2.45) is 11.7 Å². The number of carbonyl (C=O) groups is 1. The van der Waals surface area contributed by atoms with Gasteiger partial charge in [-0.25, -0.2) is 5.48 Å². The summed E-state index contributed by atoms with van der Waals surface area (Å²) in [7, 11) is 0. The van der Waals surface area contributed by atoms with Crippen LogP contribution in [-0.2, 0) is 9.63 Å². The molecule has 0 spiro atoms. The van der Waals surface area contributed by atoms with Gasteiger partial charge in [0.2, 0.25) is 0 Å². The monoisotopic (exact) mass is 186 g/mol. The molecule has 1 fully saturated rings. The van der Waals surface area contributed by atoms with Gasteiger partial charge in [0.05, 0.1) is 12.1 Å². The molecular formula is C9H18N2O2. The highest BCUT2D eigenvalue weighted by Crippen LogP contribution is 2.28. The first-order valence-electron chi connectivity index (χ1n) is 4.76. The summed E-state index contributed by atoms with van der Waals surface area (Å²) in [6.45, 7) is 4.57. The van der Waals surface area contributed by atoms with Crippen LogP contribution in [0, 0.1) is 5.92 Å². The molecule has 13 heavy (non-hydrogen) atoms. The van der Waals surface area contributed by atoms with Gasteiger partial charge in [0.15, 0.2) is 0 Å². The minimum Gasteiger partial charge on any atom is -0.317 e. The fourth-order valence-electron chi connectivity index (χ4n) is 1.16. The van der Waals surface area contributed by atoms with E-state index in [1.165, 1.54) is 0 Å². The number of hydroxylamine groups is 1. The van der Waals surface area contributed by atoms with E-state index < -0.39 is 5.54 Å². The van der Waals surface area contributed by atoms with E-state index in [-0.39, 0.29) is 5.91 Å². The van der Waals surface area contributed by atoms with Crippen LogP contribution in [0.2, 0.25) is 0 Å². The molecule has 1 aliphatic rings. The van der Waals surface area contributed by atoms with Crippen molar-refractivity contribution in [3.8, 4) is 0 Å². The van der Waals surface area contributed by atoms with Gasteiger partial charge >= 0.3 is 0 Å². The van der Waals surface area contributed by atoms with Crippen molar-refractivity contribution in [1.29, 1.82) is 0 Å². The van der Waals surface area contributed by atoms with E-state index in [2.05, 4.69) is 5.48 Å². The molecule has 4 nitrogen and oxygen atoms in total. The Hall–Kier alpha value is -0.610. The van der Waals surface area contributed by atoms with Crippen LogP contribution in [0.25, 0.3) is 0 Å².